The summed E-state index contributed by atoms with van der Waals surface area (Å²) in [5.74, 6) is -0.152. The van der Waals surface area contributed by atoms with E-state index in [1.54, 1.807) is 37.1 Å². The van der Waals surface area contributed by atoms with Crippen LogP contribution in [-0.2, 0) is 4.74 Å². The number of carbonyl (C=O) groups excluding carboxylic acids is 2. The minimum Gasteiger partial charge on any atom is -0.491 e. The summed E-state index contributed by atoms with van der Waals surface area (Å²) >= 11 is 0. The minimum absolute atomic E-state index is 0.0932. The molecule has 1 heterocycles. The number of benzene rings is 1. The molecule has 0 aliphatic carbocycles. The van der Waals surface area contributed by atoms with Crippen molar-refractivity contribution >= 4 is 17.6 Å². The van der Waals surface area contributed by atoms with E-state index < -0.39 is 12.6 Å². The van der Waals surface area contributed by atoms with Crippen molar-refractivity contribution in [3.05, 3.63) is 23.8 Å². The van der Waals surface area contributed by atoms with Gasteiger partial charge in [-0.05, 0) is 37.5 Å². The maximum atomic E-state index is 13.3. The third-order valence-corrected chi connectivity index (χ3v) is 6.05. The lowest BCUT2D eigenvalue weighted by molar-refractivity contribution is -0.140. The summed E-state index contributed by atoms with van der Waals surface area (Å²) in [6.07, 6.45) is -4.78. The molecule has 1 aromatic rings. The molecule has 1 aliphatic rings. The number of hydrogen-bond donors (Lipinski definition) is 2. The Bertz CT molecular complexity index is 853. The summed E-state index contributed by atoms with van der Waals surface area (Å²) in [6.45, 7) is 6.70. The van der Waals surface area contributed by atoms with Crippen LogP contribution < -0.4 is 15.4 Å². The first-order valence-electron chi connectivity index (χ1n) is 11.9. The van der Waals surface area contributed by atoms with Crippen molar-refractivity contribution < 1.29 is 32.2 Å². The number of ether oxygens (including phenoxy) is 2. The van der Waals surface area contributed by atoms with Crippen LogP contribution >= 0.6 is 0 Å². The maximum Gasteiger partial charge on any atom is 0.390 e. The molecule has 0 fully saturated rings. The number of halogens is 3. The Kier molecular flexibility index (Phi) is 10.6. The Hall–Kier alpha value is -2.53. The zero-order chi connectivity index (χ0) is 26.2. The Balaban J connectivity index is 2.35. The Morgan fingerprint density at radius 1 is 1.26 bits per heavy atom. The molecular weight excluding hydrogens is 465 g/mol. The SMILES string of the molecule is CCCNC(=O)Nc1ccc2c(c1)C(=O)N(C)C[C@@H](OC)[C@@H](C)CN(CCC(F)(F)F)[C@@H](C)CO2. The average molecular weight is 503 g/mol. The predicted molar refractivity (Wildman–Crippen MR) is 128 cm³/mol. The number of likely N-dealkylation sites (N-methyl/N-ethyl adjacent to an activating group) is 1. The van der Waals surface area contributed by atoms with E-state index in [9.17, 15) is 22.8 Å². The molecule has 0 radical (unpaired) electrons. The number of carbonyl (C=O) groups is 2. The van der Waals surface area contributed by atoms with E-state index in [1.165, 1.54) is 12.0 Å². The summed E-state index contributed by atoms with van der Waals surface area (Å²) in [4.78, 5) is 28.6. The normalized spacial score (nSPS) is 22.5. The lowest BCUT2D eigenvalue weighted by Crippen LogP contribution is -2.47. The van der Waals surface area contributed by atoms with Crippen LogP contribution in [0.5, 0.6) is 5.75 Å². The van der Waals surface area contributed by atoms with Crippen molar-refractivity contribution in [3.8, 4) is 5.75 Å². The molecule has 0 aromatic heterocycles. The van der Waals surface area contributed by atoms with Gasteiger partial charge in [-0.1, -0.05) is 13.8 Å². The second kappa shape index (κ2) is 13.0. The molecule has 11 heteroatoms. The van der Waals surface area contributed by atoms with Crippen molar-refractivity contribution in [1.29, 1.82) is 0 Å². The Labute approximate surface area is 205 Å². The number of alkyl halides is 3. The molecule has 2 rings (SSSR count). The van der Waals surface area contributed by atoms with Gasteiger partial charge in [-0.3, -0.25) is 9.69 Å². The van der Waals surface area contributed by atoms with Crippen molar-refractivity contribution in [2.24, 2.45) is 5.92 Å². The van der Waals surface area contributed by atoms with Gasteiger partial charge in [-0.25, -0.2) is 4.79 Å². The highest BCUT2D eigenvalue weighted by atomic mass is 19.4. The first-order chi connectivity index (χ1) is 16.4. The number of hydrogen-bond acceptors (Lipinski definition) is 5. The van der Waals surface area contributed by atoms with Crippen LogP contribution in [0.1, 0.15) is 44.0 Å². The molecule has 0 saturated heterocycles. The third kappa shape index (κ3) is 8.88. The molecule has 1 aromatic carbocycles. The van der Waals surface area contributed by atoms with Gasteiger partial charge in [0.1, 0.15) is 12.4 Å². The summed E-state index contributed by atoms with van der Waals surface area (Å²) in [5.41, 5.74) is 0.671. The van der Waals surface area contributed by atoms with Gasteiger partial charge in [0.2, 0.25) is 0 Å². The highest BCUT2D eigenvalue weighted by Gasteiger charge is 2.32. The summed E-state index contributed by atoms with van der Waals surface area (Å²) < 4.78 is 50.4. The highest BCUT2D eigenvalue weighted by Crippen LogP contribution is 2.27. The van der Waals surface area contributed by atoms with Crippen LogP contribution in [0, 0.1) is 5.92 Å². The van der Waals surface area contributed by atoms with E-state index in [-0.39, 0.29) is 55.3 Å². The monoisotopic (exact) mass is 502 g/mol. The van der Waals surface area contributed by atoms with E-state index >= 15 is 0 Å². The minimum atomic E-state index is -4.26. The fraction of sp³-hybridized carbons (Fsp3) is 0.667. The molecule has 3 atom stereocenters. The first kappa shape index (κ1) is 28.7. The lowest BCUT2D eigenvalue weighted by atomic mass is 10.0. The molecule has 3 amide bonds. The van der Waals surface area contributed by atoms with Gasteiger partial charge < -0.3 is 25.0 Å². The number of nitrogens with zero attached hydrogens (tertiary/aromatic N) is 2. The number of urea groups is 1. The standard InChI is InChI=1S/C24H37F3N4O4/c1-6-10-28-23(33)29-18-7-8-20-19(12-18)22(32)30(4)14-21(34-5)16(2)13-31(17(3)15-35-20)11-9-24(25,26)27/h7-8,12,16-17,21H,6,9-11,13-15H2,1-5H3,(H2,28,29,33)/t16-,17-,21+/m0/s1. The summed E-state index contributed by atoms with van der Waals surface area (Å²) in [7, 11) is 3.16. The first-order valence-corrected chi connectivity index (χ1v) is 11.9. The quantitative estimate of drug-likeness (QED) is 0.615. The second-order valence-corrected chi connectivity index (χ2v) is 9.05. The fourth-order valence-corrected chi connectivity index (χ4v) is 3.93. The number of anilines is 1. The number of amides is 3. The van der Waals surface area contributed by atoms with Gasteiger partial charge in [0, 0.05) is 52.1 Å². The number of fused-ring (bicyclic) bond motifs is 1. The van der Waals surface area contributed by atoms with E-state index in [2.05, 4.69) is 10.6 Å². The van der Waals surface area contributed by atoms with Crippen LogP contribution in [0.25, 0.3) is 0 Å². The van der Waals surface area contributed by atoms with E-state index in [4.69, 9.17) is 9.47 Å². The van der Waals surface area contributed by atoms with Crippen molar-refractivity contribution in [1.82, 2.24) is 15.1 Å². The van der Waals surface area contributed by atoms with Crippen LogP contribution in [-0.4, -0.2) is 87.0 Å². The van der Waals surface area contributed by atoms with E-state index in [0.29, 0.717) is 24.5 Å². The van der Waals surface area contributed by atoms with Gasteiger partial charge in [0.25, 0.3) is 5.91 Å². The molecule has 8 nitrogen and oxygen atoms in total. The zero-order valence-corrected chi connectivity index (χ0v) is 21.1. The Morgan fingerprint density at radius 2 is 1.97 bits per heavy atom. The molecule has 35 heavy (non-hydrogen) atoms. The molecule has 0 spiro atoms. The zero-order valence-electron chi connectivity index (χ0n) is 21.1. The van der Waals surface area contributed by atoms with Crippen LogP contribution in [0.3, 0.4) is 0 Å². The highest BCUT2D eigenvalue weighted by molar-refractivity contribution is 5.99. The largest absolute Gasteiger partial charge is 0.491 e. The number of methoxy groups -OCH3 is 1. The molecule has 0 saturated carbocycles. The average Bonchev–Trinajstić information content (AvgIpc) is 2.80. The van der Waals surface area contributed by atoms with Crippen LogP contribution in [0.2, 0.25) is 0 Å². The van der Waals surface area contributed by atoms with Crippen LogP contribution in [0.4, 0.5) is 23.7 Å². The topological polar surface area (TPSA) is 83.1 Å². The molecule has 0 unspecified atom stereocenters. The van der Waals surface area contributed by atoms with Crippen molar-refractivity contribution in [2.75, 3.05) is 52.3 Å². The molecule has 198 valence electrons. The van der Waals surface area contributed by atoms with Gasteiger partial charge in [-0.15, -0.1) is 0 Å². The third-order valence-electron chi connectivity index (χ3n) is 6.05. The number of rotatable bonds is 6. The van der Waals surface area contributed by atoms with E-state index in [0.717, 1.165) is 6.42 Å². The van der Waals surface area contributed by atoms with Crippen LogP contribution in [0.15, 0.2) is 18.2 Å². The molecule has 1 aliphatic heterocycles. The smallest absolute Gasteiger partial charge is 0.390 e. The summed E-state index contributed by atoms with van der Waals surface area (Å²) in [6, 6.07) is 4.03. The molecule has 2 N–H and O–H groups in total. The van der Waals surface area contributed by atoms with Gasteiger partial charge in [-0.2, -0.15) is 13.2 Å². The summed E-state index contributed by atoms with van der Waals surface area (Å²) in [5, 5.41) is 5.42. The maximum absolute atomic E-state index is 13.3. The van der Waals surface area contributed by atoms with Crippen molar-refractivity contribution in [3.63, 3.8) is 0 Å². The number of nitrogens with one attached hydrogen (secondary N) is 2. The van der Waals surface area contributed by atoms with E-state index in [1.807, 2.05) is 13.8 Å². The molecule has 0 bridgehead atoms. The predicted octanol–water partition coefficient (Wildman–Crippen LogP) is 3.98. The lowest BCUT2D eigenvalue weighted by Gasteiger charge is -2.36. The van der Waals surface area contributed by atoms with Crippen molar-refractivity contribution in [2.45, 2.75) is 51.9 Å². The van der Waals surface area contributed by atoms with Gasteiger partial charge in [0.15, 0.2) is 0 Å². The Morgan fingerprint density at radius 3 is 2.60 bits per heavy atom. The fourth-order valence-electron chi connectivity index (χ4n) is 3.93. The van der Waals surface area contributed by atoms with Gasteiger partial charge in [0.05, 0.1) is 18.1 Å². The van der Waals surface area contributed by atoms with Gasteiger partial charge >= 0.3 is 12.2 Å². The second-order valence-electron chi connectivity index (χ2n) is 9.05. The molecular formula is C24H37F3N4O4.